The molecule has 2 bridgehead atoms. The highest BCUT2D eigenvalue weighted by Crippen LogP contribution is 2.68. The molecule has 11 nitrogen and oxygen atoms in total. The van der Waals surface area contributed by atoms with Gasteiger partial charge in [-0.3, -0.25) is 24.2 Å². The van der Waals surface area contributed by atoms with Crippen LogP contribution in [0.4, 0.5) is 5.69 Å². The standard InChI is InChI=1S/C45H54N4O7/c1-8-28-19-29-22-44(41(52)55-7,37-31(25-48(23-28)24-29)30-13-10-11-14-34(30)46-37)33-20-32-35(21-36(33)54-6)47(5)39-43(32)16-18-49-17-12-15-42(9-2,38(43)49)40(56-27(4)51)45(39,53)26(3)50/h10-15,19-21,29,38-40,46,53H,8-9,16-18,22-25H2,1-7H3/t29?,38-,39+,40+,42+,43?,44-,45+/m0/s1. The van der Waals surface area contributed by atoms with E-state index in [-0.39, 0.29) is 17.9 Å². The molecule has 1 spiro atoms. The third kappa shape index (κ3) is 4.59. The molecule has 0 radical (unpaired) electrons. The Morgan fingerprint density at radius 3 is 2.52 bits per heavy atom. The molecule has 2 N–H and O–H groups in total. The summed E-state index contributed by atoms with van der Waals surface area (Å²) in [6.45, 7) is 10.8. The third-order valence-corrected chi connectivity index (χ3v) is 14.8. The predicted octanol–water partition coefficient (Wildman–Crippen LogP) is 5.17. The van der Waals surface area contributed by atoms with Crippen LogP contribution in [-0.4, -0.2) is 109 Å². The first-order chi connectivity index (χ1) is 26.8. The maximum Gasteiger partial charge on any atom is 0.322 e. The minimum atomic E-state index is -2.06. The number of carbonyl (C=O) groups excluding carboxylic acids is 3. The maximum atomic E-state index is 15.1. The highest BCUT2D eigenvalue weighted by molar-refractivity contribution is 5.95. The number of methoxy groups -OCH3 is 2. The number of esters is 2. The van der Waals surface area contributed by atoms with E-state index in [2.05, 4.69) is 65.1 Å². The number of nitrogens with one attached hydrogen (secondary N) is 1. The average molecular weight is 763 g/mol. The van der Waals surface area contributed by atoms with Crippen molar-refractivity contribution in [2.24, 2.45) is 11.3 Å². The fraction of sp³-hybridized carbons (Fsp3) is 0.533. The lowest BCUT2D eigenvalue weighted by Gasteiger charge is -2.64. The number of para-hydroxylation sites is 1. The molecule has 6 heterocycles. The highest BCUT2D eigenvalue weighted by Gasteiger charge is 2.79. The van der Waals surface area contributed by atoms with Crippen molar-refractivity contribution in [2.45, 2.75) is 94.5 Å². The van der Waals surface area contributed by atoms with Crippen LogP contribution in [0.3, 0.4) is 0 Å². The van der Waals surface area contributed by atoms with Gasteiger partial charge < -0.3 is 29.2 Å². The van der Waals surface area contributed by atoms with Crippen LogP contribution in [0, 0.1) is 11.3 Å². The number of benzene rings is 2. The van der Waals surface area contributed by atoms with E-state index < -0.39 is 45.7 Å². The van der Waals surface area contributed by atoms with E-state index in [0.717, 1.165) is 59.5 Å². The number of aliphatic hydroxyl groups is 1. The molecule has 56 heavy (non-hydrogen) atoms. The number of hydrogen-bond acceptors (Lipinski definition) is 10. The number of rotatable bonds is 7. The van der Waals surface area contributed by atoms with Gasteiger partial charge in [0.05, 0.1) is 20.3 Å². The van der Waals surface area contributed by atoms with E-state index in [1.165, 1.54) is 26.5 Å². The first kappa shape index (κ1) is 37.1. The Kier molecular flexibility index (Phi) is 8.48. The molecular formula is C45H54N4O7. The molecule has 1 aliphatic carbocycles. The van der Waals surface area contributed by atoms with E-state index >= 15 is 4.79 Å². The van der Waals surface area contributed by atoms with E-state index in [0.29, 0.717) is 43.7 Å². The molecule has 11 heteroatoms. The molecule has 1 saturated heterocycles. The molecule has 0 amide bonds. The summed E-state index contributed by atoms with van der Waals surface area (Å²) < 4.78 is 18.4. The van der Waals surface area contributed by atoms with Gasteiger partial charge >= 0.3 is 11.9 Å². The molecule has 2 aromatic carbocycles. The first-order valence-corrected chi connectivity index (χ1v) is 20.2. The van der Waals surface area contributed by atoms with Gasteiger partial charge in [-0.2, -0.15) is 0 Å². The second-order valence-electron chi connectivity index (χ2n) is 17.2. The SMILES string of the molecule is CCC1=CC2CN(C1)Cc1c([nH]c3ccccc13)[C@@](C(=O)OC)(c1cc3c(cc1OC)N(C)[C@@H]1C34CCN3CC=C[C@](CC)([C@H]34)[C@@H](OC(C)=O)[C@@]1(O)C(C)=O)C2. The Bertz CT molecular complexity index is 2230. The molecule has 2 fully saturated rings. The largest absolute Gasteiger partial charge is 0.496 e. The van der Waals surface area contributed by atoms with Crippen molar-refractivity contribution in [3.63, 3.8) is 0 Å². The summed E-state index contributed by atoms with van der Waals surface area (Å²) in [7, 11) is 5.03. The zero-order valence-corrected chi connectivity index (χ0v) is 33.6. The second kappa shape index (κ2) is 12.8. The smallest absolute Gasteiger partial charge is 0.322 e. The van der Waals surface area contributed by atoms with Gasteiger partial charge in [0.15, 0.2) is 17.5 Å². The summed E-state index contributed by atoms with van der Waals surface area (Å²) in [5.41, 5.74) is 1.63. The number of aromatic amines is 1. The van der Waals surface area contributed by atoms with Gasteiger partial charge in [0, 0.05) is 90.9 Å². The van der Waals surface area contributed by atoms with E-state index in [1.54, 1.807) is 7.11 Å². The van der Waals surface area contributed by atoms with Crippen molar-refractivity contribution in [3.05, 3.63) is 82.6 Å². The molecule has 6 aliphatic rings. The number of anilines is 1. The molecule has 3 unspecified atom stereocenters. The van der Waals surface area contributed by atoms with E-state index in [9.17, 15) is 14.7 Å². The number of hydrogen-bond donors (Lipinski definition) is 2. The van der Waals surface area contributed by atoms with Gasteiger partial charge in [0.1, 0.15) is 11.2 Å². The number of ketones is 1. The number of ether oxygens (including phenoxy) is 3. The normalized spacial score (nSPS) is 35.4. The van der Waals surface area contributed by atoms with Gasteiger partial charge in [-0.1, -0.05) is 55.8 Å². The highest BCUT2D eigenvalue weighted by atomic mass is 16.6. The quantitative estimate of drug-likeness (QED) is 0.246. The molecule has 5 aliphatic heterocycles. The lowest BCUT2D eigenvalue weighted by Crippen LogP contribution is -2.81. The van der Waals surface area contributed by atoms with Crippen LogP contribution >= 0.6 is 0 Å². The lowest BCUT2D eigenvalue weighted by molar-refractivity contribution is -0.215. The predicted molar refractivity (Wildman–Crippen MR) is 213 cm³/mol. The fourth-order valence-corrected chi connectivity index (χ4v) is 12.8. The van der Waals surface area contributed by atoms with Crippen LogP contribution in [0.15, 0.2) is 60.2 Å². The van der Waals surface area contributed by atoms with Gasteiger partial charge in [0.25, 0.3) is 0 Å². The molecule has 1 aromatic heterocycles. The van der Waals surface area contributed by atoms with Gasteiger partial charge in [-0.15, -0.1) is 0 Å². The van der Waals surface area contributed by atoms with Crippen molar-refractivity contribution >= 4 is 34.3 Å². The number of aromatic nitrogens is 1. The van der Waals surface area contributed by atoms with Crippen molar-refractivity contribution in [1.29, 1.82) is 0 Å². The Hall–Kier alpha value is -4.45. The first-order valence-electron chi connectivity index (χ1n) is 20.2. The molecule has 296 valence electrons. The Morgan fingerprint density at radius 2 is 1.82 bits per heavy atom. The molecule has 1 saturated carbocycles. The minimum absolute atomic E-state index is 0.0454. The maximum absolute atomic E-state index is 15.1. The van der Waals surface area contributed by atoms with Crippen LogP contribution in [-0.2, 0) is 41.2 Å². The van der Waals surface area contributed by atoms with Crippen molar-refractivity contribution in [1.82, 2.24) is 14.8 Å². The van der Waals surface area contributed by atoms with Crippen LogP contribution in [0.2, 0.25) is 0 Å². The van der Waals surface area contributed by atoms with Crippen LogP contribution in [0.5, 0.6) is 5.75 Å². The number of likely N-dealkylation sites (N-methyl/N-ethyl adjacent to an activating group) is 1. The zero-order chi connectivity index (χ0) is 39.5. The van der Waals surface area contributed by atoms with E-state index in [4.69, 9.17) is 14.2 Å². The number of Topliss-reactive ketones (excluding diaryl/α,β-unsaturated/α-hetero) is 1. The van der Waals surface area contributed by atoms with Gasteiger partial charge in [-0.05, 0) is 68.3 Å². The number of H-pyrrole nitrogens is 1. The van der Waals surface area contributed by atoms with E-state index in [1.807, 2.05) is 30.1 Å². The molecular weight excluding hydrogens is 709 g/mol. The minimum Gasteiger partial charge on any atom is -0.496 e. The topological polar surface area (TPSA) is 125 Å². The lowest BCUT2D eigenvalue weighted by atomic mass is 9.47. The summed E-state index contributed by atoms with van der Waals surface area (Å²) >= 11 is 0. The monoisotopic (exact) mass is 762 g/mol. The van der Waals surface area contributed by atoms with Gasteiger partial charge in [-0.25, -0.2) is 0 Å². The molecule has 3 aromatic rings. The Morgan fingerprint density at radius 1 is 1.04 bits per heavy atom. The van der Waals surface area contributed by atoms with Crippen molar-refractivity contribution in [3.8, 4) is 5.75 Å². The molecule has 9 rings (SSSR count). The number of carbonyl (C=O) groups is 3. The third-order valence-electron chi connectivity index (χ3n) is 14.8. The van der Waals surface area contributed by atoms with Crippen LogP contribution in [0.1, 0.15) is 75.8 Å². The molecule has 9 atom stereocenters. The Labute approximate surface area is 328 Å². The average Bonchev–Trinajstić information content (AvgIpc) is 3.84. The summed E-state index contributed by atoms with van der Waals surface area (Å²) in [5.74, 6) is -0.788. The van der Waals surface area contributed by atoms with Crippen molar-refractivity contribution < 1.29 is 33.7 Å². The van der Waals surface area contributed by atoms with Gasteiger partial charge in [0.2, 0.25) is 0 Å². The number of fused-ring (bicyclic) bond motifs is 6. The van der Waals surface area contributed by atoms with Crippen LogP contribution in [0.25, 0.3) is 10.9 Å². The summed E-state index contributed by atoms with van der Waals surface area (Å²) in [6, 6.07) is 11.4. The summed E-state index contributed by atoms with van der Waals surface area (Å²) in [4.78, 5) is 53.0. The zero-order valence-electron chi connectivity index (χ0n) is 33.6. The number of nitrogens with zero attached hydrogens (tertiary/aromatic N) is 3. The second-order valence-corrected chi connectivity index (χ2v) is 17.2. The summed E-state index contributed by atoms with van der Waals surface area (Å²) in [5, 5.41) is 14.3. The Balaban J connectivity index is 1.37. The van der Waals surface area contributed by atoms with Crippen LogP contribution < -0.4 is 9.64 Å². The fourth-order valence-electron chi connectivity index (χ4n) is 12.8. The van der Waals surface area contributed by atoms with Crippen molar-refractivity contribution in [2.75, 3.05) is 52.3 Å². The summed E-state index contributed by atoms with van der Waals surface area (Å²) in [6.07, 6.45) is 8.01.